The molecule has 0 spiro atoms. The number of aliphatic hydroxyl groups is 2. The summed E-state index contributed by atoms with van der Waals surface area (Å²) >= 11 is 0. The van der Waals surface area contributed by atoms with E-state index >= 15 is 0 Å². The first-order valence-electron chi connectivity index (χ1n) is 6.09. The molecule has 5 nitrogen and oxygen atoms in total. The number of piperidine rings is 1. The van der Waals surface area contributed by atoms with Gasteiger partial charge in [0.25, 0.3) is 0 Å². The van der Waals surface area contributed by atoms with Crippen LogP contribution in [0.2, 0.25) is 0 Å². The van der Waals surface area contributed by atoms with E-state index in [2.05, 4.69) is 0 Å². The van der Waals surface area contributed by atoms with Gasteiger partial charge in [0.15, 0.2) is 0 Å². The molecule has 1 aliphatic heterocycles. The Morgan fingerprint density at radius 1 is 1.35 bits per heavy atom. The minimum atomic E-state index is -0.883. The Bertz CT molecular complexity index is 264. The SMILES string of the molecule is CC(C)(O)CC1(CCO)CCN(C(=O)O)CC1. The van der Waals surface area contributed by atoms with Crippen LogP contribution < -0.4 is 0 Å². The third-order valence-corrected chi connectivity index (χ3v) is 3.54. The van der Waals surface area contributed by atoms with Gasteiger partial charge < -0.3 is 20.2 Å². The number of hydrogen-bond acceptors (Lipinski definition) is 3. The van der Waals surface area contributed by atoms with E-state index in [-0.39, 0.29) is 12.0 Å². The fourth-order valence-corrected chi connectivity index (χ4v) is 2.84. The van der Waals surface area contributed by atoms with Gasteiger partial charge in [-0.05, 0) is 44.9 Å². The second kappa shape index (κ2) is 5.23. The van der Waals surface area contributed by atoms with Crippen molar-refractivity contribution in [2.24, 2.45) is 5.41 Å². The summed E-state index contributed by atoms with van der Waals surface area (Å²) in [6.07, 6.45) is 1.78. The van der Waals surface area contributed by atoms with Gasteiger partial charge in [-0.2, -0.15) is 0 Å². The van der Waals surface area contributed by atoms with Crippen molar-refractivity contribution in [1.29, 1.82) is 0 Å². The molecule has 1 rings (SSSR count). The van der Waals surface area contributed by atoms with E-state index in [1.54, 1.807) is 13.8 Å². The van der Waals surface area contributed by atoms with Gasteiger partial charge in [0, 0.05) is 19.7 Å². The van der Waals surface area contributed by atoms with E-state index in [0.717, 1.165) is 0 Å². The molecule has 1 amide bonds. The third-order valence-electron chi connectivity index (χ3n) is 3.54. The number of amides is 1. The number of aliphatic hydroxyl groups excluding tert-OH is 1. The summed E-state index contributed by atoms with van der Waals surface area (Å²) in [6.45, 7) is 4.59. The first-order chi connectivity index (χ1) is 7.78. The molecule has 1 fully saturated rings. The fourth-order valence-electron chi connectivity index (χ4n) is 2.84. The van der Waals surface area contributed by atoms with Crippen molar-refractivity contribution in [2.45, 2.75) is 45.1 Å². The van der Waals surface area contributed by atoms with Gasteiger partial charge in [0.1, 0.15) is 0 Å². The molecule has 100 valence electrons. The first-order valence-corrected chi connectivity index (χ1v) is 6.09. The van der Waals surface area contributed by atoms with E-state index < -0.39 is 11.7 Å². The molecule has 0 aromatic heterocycles. The molecule has 1 heterocycles. The van der Waals surface area contributed by atoms with Crippen LogP contribution in [0, 0.1) is 5.41 Å². The lowest BCUT2D eigenvalue weighted by Crippen LogP contribution is -2.45. The molecular formula is C12H23NO4. The number of likely N-dealkylation sites (tertiary alicyclic amines) is 1. The van der Waals surface area contributed by atoms with Crippen LogP contribution in [0.15, 0.2) is 0 Å². The average Bonchev–Trinajstić information content (AvgIpc) is 2.15. The highest BCUT2D eigenvalue weighted by molar-refractivity contribution is 5.65. The molecule has 0 aliphatic carbocycles. The van der Waals surface area contributed by atoms with Gasteiger partial charge in [0.2, 0.25) is 0 Å². The number of hydrogen-bond donors (Lipinski definition) is 3. The Labute approximate surface area is 102 Å². The lowest BCUT2D eigenvalue weighted by molar-refractivity contribution is -0.0161. The van der Waals surface area contributed by atoms with E-state index in [1.165, 1.54) is 4.90 Å². The second-order valence-electron chi connectivity index (χ2n) is 5.73. The molecule has 0 unspecified atom stereocenters. The molecule has 0 bridgehead atoms. The Balaban J connectivity index is 2.66. The summed E-state index contributed by atoms with van der Waals surface area (Å²) in [7, 11) is 0. The van der Waals surface area contributed by atoms with Gasteiger partial charge in [0.05, 0.1) is 5.60 Å². The Kier molecular flexibility index (Phi) is 4.38. The maximum atomic E-state index is 10.8. The molecule has 5 heteroatoms. The molecule has 0 aromatic rings. The predicted molar refractivity (Wildman–Crippen MR) is 63.9 cm³/mol. The van der Waals surface area contributed by atoms with Crippen LogP contribution in [0.1, 0.15) is 39.5 Å². The van der Waals surface area contributed by atoms with E-state index in [1.807, 2.05) is 0 Å². The van der Waals surface area contributed by atoms with Crippen LogP contribution in [0.25, 0.3) is 0 Å². The molecular weight excluding hydrogens is 222 g/mol. The van der Waals surface area contributed by atoms with Crippen LogP contribution in [-0.4, -0.2) is 51.6 Å². The van der Waals surface area contributed by atoms with Crippen molar-refractivity contribution in [3.05, 3.63) is 0 Å². The number of carbonyl (C=O) groups is 1. The average molecular weight is 245 g/mol. The Hall–Kier alpha value is -0.810. The topological polar surface area (TPSA) is 81.0 Å². The predicted octanol–water partition coefficient (Wildman–Crippen LogP) is 1.29. The highest BCUT2D eigenvalue weighted by atomic mass is 16.4. The summed E-state index contributed by atoms with van der Waals surface area (Å²) in [5, 5.41) is 28.0. The zero-order valence-corrected chi connectivity index (χ0v) is 10.6. The Morgan fingerprint density at radius 2 is 1.88 bits per heavy atom. The highest BCUT2D eigenvalue weighted by Gasteiger charge is 2.39. The molecule has 0 saturated carbocycles. The smallest absolute Gasteiger partial charge is 0.407 e. The molecule has 1 saturated heterocycles. The third kappa shape index (κ3) is 4.16. The Morgan fingerprint density at radius 3 is 2.24 bits per heavy atom. The van der Waals surface area contributed by atoms with Crippen molar-refractivity contribution >= 4 is 6.09 Å². The van der Waals surface area contributed by atoms with Crippen LogP contribution in [0.4, 0.5) is 4.79 Å². The van der Waals surface area contributed by atoms with Crippen molar-refractivity contribution in [1.82, 2.24) is 4.90 Å². The van der Waals surface area contributed by atoms with Crippen LogP contribution in [-0.2, 0) is 0 Å². The summed E-state index contributed by atoms with van der Waals surface area (Å²) in [4.78, 5) is 12.2. The van der Waals surface area contributed by atoms with Crippen LogP contribution >= 0.6 is 0 Å². The van der Waals surface area contributed by atoms with Crippen molar-refractivity contribution in [2.75, 3.05) is 19.7 Å². The van der Waals surface area contributed by atoms with Gasteiger partial charge >= 0.3 is 6.09 Å². The molecule has 0 radical (unpaired) electrons. The standard InChI is InChI=1S/C12H23NO4/c1-11(2,17)9-12(5-8-14)3-6-13(7-4-12)10(15)16/h14,17H,3-9H2,1-2H3,(H,15,16). The second-order valence-corrected chi connectivity index (χ2v) is 5.73. The first kappa shape index (κ1) is 14.3. The largest absolute Gasteiger partial charge is 0.465 e. The maximum absolute atomic E-state index is 10.8. The molecule has 0 atom stereocenters. The maximum Gasteiger partial charge on any atom is 0.407 e. The van der Waals surface area contributed by atoms with Gasteiger partial charge in [-0.15, -0.1) is 0 Å². The lowest BCUT2D eigenvalue weighted by atomic mass is 9.69. The quantitative estimate of drug-likeness (QED) is 0.697. The fraction of sp³-hybridized carbons (Fsp3) is 0.917. The summed E-state index contributed by atoms with van der Waals surface area (Å²) in [5.74, 6) is 0. The summed E-state index contributed by atoms with van der Waals surface area (Å²) in [5.41, 5.74) is -0.903. The number of nitrogens with zero attached hydrogens (tertiary/aromatic N) is 1. The van der Waals surface area contributed by atoms with Crippen molar-refractivity contribution in [3.63, 3.8) is 0 Å². The monoisotopic (exact) mass is 245 g/mol. The number of rotatable bonds is 4. The zero-order chi connectivity index (χ0) is 13.1. The van der Waals surface area contributed by atoms with Gasteiger partial charge in [-0.1, -0.05) is 0 Å². The number of carboxylic acid groups (broad SMARTS) is 1. The van der Waals surface area contributed by atoms with E-state index in [4.69, 9.17) is 10.2 Å². The molecule has 0 aromatic carbocycles. The molecule has 17 heavy (non-hydrogen) atoms. The van der Waals surface area contributed by atoms with Crippen LogP contribution in [0.5, 0.6) is 0 Å². The van der Waals surface area contributed by atoms with Crippen molar-refractivity contribution < 1.29 is 20.1 Å². The molecule has 1 aliphatic rings. The highest BCUT2D eigenvalue weighted by Crippen LogP contribution is 2.41. The molecule has 3 N–H and O–H groups in total. The summed E-state index contributed by atoms with van der Waals surface area (Å²) < 4.78 is 0. The van der Waals surface area contributed by atoms with E-state index in [9.17, 15) is 9.90 Å². The zero-order valence-electron chi connectivity index (χ0n) is 10.6. The minimum absolute atomic E-state index is 0.0865. The summed E-state index contributed by atoms with van der Waals surface area (Å²) in [6, 6.07) is 0. The lowest BCUT2D eigenvalue weighted by Gasteiger charge is -2.43. The van der Waals surface area contributed by atoms with Gasteiger partial charge in [-0.25, -0.2) is 4.79 Å². The normalized spacial score (nSPS) is 20.4. The van der Waals surface area contributed by atoms with Gasteiger partial charge in [-0.3, -0.25) is 0 Å². The minimum Gasteiger partial charge on any atom is -0.465 e. The van der Waals surface area contributed by atoms with Crippen LogP contribution in [0.3, 0.4) is 0 Å². The van der Waals surface area contributed by atoms with E-state index in [0.29, 0.717) is 38.8 Å². The van der Waals surface area contributed by atoms with Crippen molar-refractivity contribution in [3.8, 4) is 0 Å².